The summed E-state index contributed by atoms with van der Waals surface area (Å²) in [4.78, 5) is 34.6. The van der Waals surface area contributed by atoms with Gasteiger partial charge in [0.2, 0.25) is 11.8 Å². The van der Waals surface area contributed by atoms with E-state index in [1.54, 1.807) is 29.3 Å². The van der Waals surface area contributed by atoms with Crippen LogP contribution in [0.1, 0.15) is 86.6 Å². The van der Waals surface area contributed by atoms with Crippen LogP contribution in [0.2, 0.25) is 0 Å². The maximum absolute atomic E-state index is 14.5. The lowest BCUT2D eigenvalue weighted by atomic mass is 9.87. The molecule has 1 fully saturated rings. The first kappa shape index (κ1) is 34.3. The molecular weight excluding hydrogens is 639 g/mol. The highest BCUT2D eigenvalue weighted by Gasteiger charge is 2.32. The molecule has 1 amide bonds. The number of fused-ring (bicyclic) bond motifs is 4. The minimum Gasteiger partial charge on any atom is -0.475 e. The van der Waals surface area contributed by atoms with Gasteiger partial charge in [-0.25, -0.2) is 28.1 Å². The van der Waals surface area contributed by atoms with Gasteiger partial charge in [-0.2, -0.15) is 4.98 Å². The molecule has 6 rings (SSSR count). The fourth-order valence-corrected chi connectivity index (χ4v) is 7.70. The molecule has 0 radical (unpaired) electrons. The molecule has 3 heterocycles. The molecule has 4 bridgehead atoms. The van der Waals surface area contributed by atoms with Crippen LogP contribution in [0.15, 0.2) is 65.7 Å². The summed E-state index contributed by atoms with van der Waals surface area (Å²) >= 11 is 0. The van der Waals surface area contributed by atoms with Crippen LogP contribution in [-0.4, -0.2) is 57.9 Å². The van der Waals surface area contributed by atoms with Crippen molar-refractivity contribution >= 4 is 27.7 Å². The van der Waals surface area contributed by atoms with Gasteiger partial charge in [0.15, 0.2) is 0 Å². The van der Waals surface area contributed by atoms with Crippen molar-refractivity contribution < 1.29 is 17.9 Å². The third kappa shape index (κ3) is 8.36. The van der Waals surface area contributed by atoms with Crippen LogP contribution in [0.4, 0.5) is 11.8 Å². The monoisotopic (exact) mass is 683 g/mol. The summed E-state index contributed by atoms with van der Waals surface area (Å²) in [7, 11) is -4.17. The zero-order valence-electron chi connectivity index (χ0n) is 28.9. The average molecular weight is 684 g/mol. The largest absolute Gasteiger partial charge is 0.475 e. The Hall–Kier alpha value is -4.58. The van der Waals surface area contributed by atoms with Crippen molar-refractivity contribution in [3.8, 4) is 17.1 Å². The Bertz CT molecular complexity index is 1920. The van der Waals surface area contributed by atoms with E-state index < -0.39 is 16.1 Å². The highest BCUT2D eigenvalue weighted by Crippen LogP contribution is 2.32. The number of amides is 1. The fraction of sp³-hybridized carbons (Fsp3) is 0.432. The van der Waals surface area contributed by atoms with Gasteiger partial charge >= 0.3 is 0 Å². The highest BCUT2D eigenvalue weighted by atomic mass is 32.2. The second kappa shape index (κ2) is 14.1. The Morgan fingerprint density at radius 3 is 2.43 bits per heavy atom. The number of sulfonamides is 1. The van der Waals surface area contributed by atoms with E-state index in [0.29, 0.717) is 24.0 Å². The molecule has 2 N–H and O–H groups in total. The molecule has 12 heteroatoms. The van der Waals surface area contributed by atoms with E-state index in [4.69, 9.17) is 9.72 Å². The smallest absolute Gasteiger partial charge is 0.264 e. The number of carbonyl (C=O) groups excluding carboxylic acids is 1. The Kier molecular flexibility index (Phi) is 9.87. The van der Waals surface area contributed by atoms with Gasteiger partial charge in [-0.05, 0) is 73.9 Å². The Labute approximate surface area is 289 Å². The lowest BCUT2D eigenvalue weighted by Crippen LogP contribution is -2.45. The highest BCUT2D eigenvalue weighted by molar-refractivity contribution is 7.92. The Balaban J connectivity index is 1.43. The molecule has 0 spiro atoms. The van der Waals surface area contributed by atoms with Crippen molar-refractivity contribution in [3.05, 3.63) is 83.3 Å². The zero-order valence-corrected chi connectivity index (χ0v) is 29.7. The van der Waals surface area contributed by atoms with Crippen LogP contribution in [0.25, 0.3) is 11.3 Å². The minimum atomic E-state index is -4.17. The van der Waals surface area contributed by atoms with Crippen molar-refractivity contribution in [3.63, 3.8) is 0 Å². The average Bonchev–Trinajstić information content (AvgIpc) is 3.05. The normalized spacial score (nSPS) is 18.3. The van der Waals surface area contributed by atoms with E-state index in [2.05, 4.69) is 45.8 Å². The van der Waals surface area contributed by atoms with E-state index in [1.807, 2.05) is 38.1 Å². The van der Waals surface area contributed by atoms with Crippen LogP contribution in [-0.2, 0) is 16.6 Å². The number of rotatable bonds is 6. The van der Waals surface area contributed by atoms with Gasteiger partial charge in [0.1, 0.15) is 18.2 Å². The molecule has 1 aliphatic carbocycles. The molecule has 0 unspecified atom stereocenters. The first-order chi connectivity index (χ1) is 23.3. The van der Waals surface area contributed by atoms with Gasteiger partial charge in [-0.15, -0.1) is 0 Å². The summed E-state index contributed by atoms with van der Waals surface area (Å²) < 4.78 is 36.3. The number of hydrogen-bond acceptors (Lipinski definition) is 9. The summed E-state index contributed by atoms with van der Waals surface area (Å²) in [5.74, 6) is 0.927. The molecule has 1 atom stereocenters. The van der Waals surface area contributed by atoms with E-state index in [-0.39, 0.29) is 46.8 Å². The molecule has 258 valence electrons. The number of anilines is 2. The predicted molar refractivity (Wildman–Crippen MR) is 190 cm³/mol. The summed E-state index contributed by atoms with van der Waals surface area (Å²) in [6, 6.07) is 15.5. The van der Waals surface area contributed by atoms with E-state index in [0.717, 1.165) is 35.3 Å². The number of hydrogen-bond donors (Lipinski definition) is 2. The first-order valence-corrected chi connectivity index (χ1v) is 18.4. The molecule has 2 aromatic carbocycles. The third-order valence-corrected chi connectivity index (χ3v) is 10.3. The topological polar surface area (TPSA) is 139 Å². The number of aryl methyl sites for hydroxylation is 2. The number of ether oxygens (including phenoxy) is 1. The SMILES string of the molecule is Cc1cccc(C)c1-c1cc2nc(n1)NS(=O)(=O)c1cccc(c1)C(=O)N(Cc1nccc(NC3CCCCC3)n1)[C@H](CC(C)(C)C)CO2. The van der Waals surface area contributed by atoms with E-state index in [1.165, 1.54) is 31.4 Å². The maximum Gasteiger partial charge on any atom is 0.264 e. The molecule has 4 aromatic rings. The fourth-order valence-electron chi connectivity index (χ4n) is 6.71. The molecule has 1 saturated carbocycles. The maximum atomic E-state index is 14.5. The van der Waals surface area contributed by atoms with Crippen molar-refractivity contribution in [2.75, 3.05) is 16.6 Å². The summed E-state index contributed by atoms with van der Waals surface area (Å²) in [5, 5.41) is 3.56. The number of nitrogens with one attached hydrogen (secondary N) is 2. The predicted octanol–water partition coefficient (Wildman–Crippen LogP) is 6.94. The van der Waals surface area contributed by atoms with Crippen LogP contribution >= 0.6 is 0 Å². The van der Waals surface area contributed by atoms with Crippen molar-refractivity contribution in [2.45, 2.75) is 96.7 Å². The van der Waals surface area contributed by atoms with Crippen LogP contribution in [0, 0.1) is 19.3 Å². The van der Waals surface area contributed by atoms with Gasteiger partial charge in [0.25, 0.3) is 15.9 Å². The molecule has 49 heavy (non-hydrogen) atoms. The lowest BCUT2D eigenvalue weighted by molar-refractivity contribution is 0.0505. The van der Waals surface area contributed by atoms with Crippen LogP contribution < -0.4 is 14.8 Å². The van der Waals surface area contributed by atoms with Gasteiger partial charge < -0.3 is 15.0 Å². The third-order valence-electron chi connectivity index (χ3n) is 9.00. The molecule has 0 saturated heterocycles. The van der Waals surface area contributed by atoms with Crippen molar-refractivity contribution in [1.29, 1.82) is 0 Å². The number of aromatic nitrogens is 4. The number of carbonyl (C=O) groups is 1. The lowest BCUT2D eigenvalue weighted by Gasteiger charge is -2.35. The van der Waals surface area contributed by atoms with Gasteiger partial charge in [0, 0.05) is 29.4 Å². The summed E-state index contributed by atoms with van der Waals surface area (Å²) in [6.45, 7) is 10.5. The minimum absolute atomic E-state index is 0.0802. The number of benzene rings is 2. The van der Waals surface area contributed by atoms with Crippen molar-refractivity contribution in [1.82, 2.24) is 24.8 Å². The number of nitrogens with zero attached hydrogens (tertiary/aromatic N) is 5. The molecule has 2 aliphatic rings. The van der Waals surface area contributed by atoms with Crippen LogP contribution in [0.5, 0.6) is 5.88 Å². The van der Waals surface area contributed by atoms with E-state index >= 15 is 0 Å². The standard InChI is InChI=1S/C37H45N7O4S/c1-24-11-9-12-25(2)34(24)30-20-33-42-36(40-30)43-49(46,47)29-16-10-13-26(19-29)35(45)44(28(23-48-33)21-37(3,4)5)22-32-38-18-17-31(41-32)39-27-14-7-6-8-15-27/h9-13,16-20,27-28H,6-8,14-15,21-23H2,1-5H3,(H,38,39,41)(H,40,42,43)/t28-/m1/s1. The zero-order chi connectivity index (χ0) is 34.8. The summed E-state index contributed by atoms with van der Waals surface area (Å²) in [6.07, 6.45) is 8.12. The van der Waals surface area contributed by atoms with Crippen molar-refractivity contribution in [2.24, 2.45) is 5.41 Å². The quantitative estimate of drug-likeness (QED) is 0.221. The van der Waals surface area contributed by atoms with E-state index in [9.17, 15) is 13.2 Å². The molecule has 1 aliphatic heterocycles. The Morgan fingerprint density at radius 1 is 0.959 bits per heavy atom. The Morgan fingerprint density at radius 2 is 1.69 bits per heavy atom. The second-order valence-corrected chi connectivity index (χ2v) is 16.0. The first-order valence-electron chi connectivity index (χ1n) is 17.0. The van der Waals surface area contributed by atoms with Crippen LogP contribution in [0.3, 0.4) is 0 Å². The van der Waals surface area contributed by atoms with Gasteiger partial charge in [-0.3, -0.25) is 4.79 Å². The molecule has 11 nitrogen and oxygen atoms in total. The van der Waals surface area contributed by atoms with Gasteiger partial charge in [-0.1, -0.05) is 64.3 Å². The summed E-state index contributed by atoms with van der Waals surface area (Å²) in [5.41, 5.74) is 3.37. The second-order valence-electron chi connectivity index (χ2n) is 14.3. The molecular formula is C37H45N7O4S. The van der Waals surface area contributed by atoms with Gasteiger partial charge in [0.05, 0.1) is 23.2 Å². The molecule has 2 aromatic heterocycles.